The van der Waals surface area contributed by atoms with Crippen LogP contribution >= 0.6 is 11.3 Å². The summed E-state index contributed by atoms with van der Waals surface area (Å²) in [5.41, 5.74) is 3.04. The van der Waals surface area contributed by atoms with E-state index in [1.807, 2.05) is 30.0 Å². The van der Waals surface area contributed by atoms with Crippen molar-refractivity contribution in [3.63, 3.8) is 0 Å². The molecule has 2 amide bonds. The van der Waals surface area contributed by atoms with Crippen LogP contribution in [-0.2, 0) is 33.7 Å². The van der Waals surface area contributed by atoms with Crippen LogP contribution in [0.15, 0.2) is 61.0 Å². The number of nitrogens with one attached hydrogen (secondary N) is 1. The number of allylic oxidation sites excluding steroid dienone is 3. The van der Waals surface area contributed by atoms with E-state index in [1.54, 1.807) is 18.3 Å². The first-order valence-corrected chi connectivity index (χ1v) is 12.4. The standard InChI is InChI=1S/C27H30N4O3S/c1-4-8-23(34-5-2)19(3)10-12-25(32)30-27-22(17-28)21-14-16-31(18-24(21)35-27)26(33)13-11-20-9-6-7-15-29-20/h4,6-9,15H,1,3,5,10-14,16,18H2,2H3,(H,30,32)/b23-8+. The minimum atomic E-state index is -0.195. The lowest BCUT2D eigenvalue weighted by atomic mass is 10.0. The molecule has 0 atom stereocenters. The van der Waals surface area contributed by atoms with Gasteiger partial charge < -0.3 is 15.0 Å². The molecule has 3 heterocycles. The number of hydrogen-bond acceptors (Lipinski definition) is 6. The number of fused-ring (bicyclic) bond motifs is 1. The number of carbonyl (C=O) groups excluding carboxylic acids is 2. The van der Waals surface area contributed by atoms with Crippen molar-refractivity contribution in [2.45, 2.75) is 45.6 Å². The highest BCUT2D eigenvalue weighted by atomic mass is 32.1. The smallest absolute Gasteiger partial charge is 0.225 e. The number of nitrogens with zero attached hydrogens (tertiary/aromatic N) is 3. The van der Waals surface area contributed by atoms with Crippen LogP contribution in [0.25, 0.3) is 0 Å². The Morgan fingerprint density at radius 3 is 2.86 bits per heavy atom. The monoisotopic (exact) mass is 490 g/mol. The highest BCUT2D eigenvalue weighted by molar-refractivity contribution is 7.16. The van der Waals surface area contributed by atoms with E-state index in [1.165, 1.54) is 11.3 Å². The van der Waals surface area contributed by atoms with Gasteiger partial charge >= 0.3 is 0 Å². The molecule has 3 rings (SSSR count). The highest BCUT2D eigenvalue weighted by Gasteiger charge is 2.27. The fourth-order valence-electron chi connectivity index (χ4n) is 3.87. The Bertz CT molecular complexity index is 1160. The second-order valence-corrected chi connectivity index (χ2v) is 9.16. The number of nitriles is 1. The highest BCUT2D eigenvalue weighted by Crippen LogP contribution is 2.37. The lowest BCUT2D eigenvalue weighted by Crippen LogP contribution is -2.35. The van der Waals surface area contributed by atoms with Crippen LogP contribution in [-0.4, -0.2) is 34.8 Å². The van der Waals surface area contributed by atoms with Crippen molar-refractivity contribution >= 4 is 28.2 Å². The zero-order valence-corrected chi connectivity index (χ0v) is 20.8. The number of anilines is 1. The van der Waals surface area contributed by atoms with Gasteiger partial charge in [0.2, 0.25) is 11.8 Å². The quantitative estimate of drug-likeness (QED) is 0.357. The molecule has 35 heavy (non-hydrogen) atoms. The normalized spacial score (nSPS) is 12.9. The Morgan fingerprint density at radius 2 is 2.17 bits per heavy atom. The van der Waals surface area contributed by atoms with Crippen molar-refractivity contribution in [1.29, 1.82) is 5.26 Å². The molecule has 182 valence electrons. The van der Waals surface area contributed by atoms with Gasteiger partial charge in [-0.2, -0.15) is 5.26 Å². The predicted molar refractivity (Wildman–Crippen MR) is 138 cm³/mol. The summed E-state index contributed by atoms with van der Waals surface area (Å²) in [6, 6.07) is 7.92. The Balaban J connectivity index is 1.59. The van der Waals surface area contributed by atoms with Crippen molar-refractivity contribution in [3.8, 4) is 6.07 Å². The zero-order chi connectivity index (χ0) is 25.2. The number of aromatic nitrogens is 1. The van der Waals surface area contributed by atoms with E-state index >= 15 is 0 Å². The first kappa shape index (κ1) is 25.9. The molecule has 0 spiro atoms. The molecule has 1 aliphatic rings. The van der Waals surface area contributed by atoms with Crippen molar-refractivity contribution in [2.24, 2.45) is 0 Å². The number of rotatable bonds is 11. The zero-order valence-electron chi connectivity index (χ0n) is 20.0. The third-order valence-electron chi connectivity index (χ3n) is 5.67. The number of carbonyl (C=O) groups is 2. The van der Waals surface area contributed by atoms with Gasteiger partial charge in [-0.25, -0.2) is 0 Å². The molecule has 1 aliphatic heterocycles. The van der Waals surface area contributed by atoms with Crippen LogP contribution in [0.4, 0.5) is 5.00 Å². The van der Waals surface area contributed by atoms with E-state index in [0.717, 1.165) is 16.1 Å². The lowest BCUT2D eigenvalue weighted by Gasteiger charge is -2.27. The molecule has 0 unspecified atom stereocenters. The number of hydrogen-bond donors (Lipinski definition) is 1. The summed E-state index contributed by atoms with van der Waals surface area (Å²) in [6.07, 6.45) is 7.30. The molecule has 0 aromatic carbocycles. The van der Waals surface area contributed by atoms with Crippen LogP contribution < -0.4 is 5.32 Å². The van der Waals surface area contributed by atoms with Gasteiger partial charge in [-0.3, -0.25) is 14.6 Å². The summed E-state index contributed by atoms with van der Waals surface area (Å²) >= 11 is 1.37. The molecule has 2 aromatic heterocycles. The molecule has 0 saturated carbocycles. The fraction of sp³-hybridized carbons (Fsp3) is 0.333. The molecule has 8 heteroatoms. The van der Waals surface area contributed by atoms with Gasteiger partial charge in [-0.05, 0) is 55.5 Å². The minimum absolute atomic E-state index is 0.0648. The first-order chi connectivity index (χ1) is 17.0. The maximum absolute atomic E-state index is 12.8. The number of aryl methyl sites for hydroxylation is 1. The summed E-state index contributed by atoms with van der Waals surface area (Å²) in [7, 11) is 0. The number of ether oxygens (including phenoxy) is 1. The van der Waals surface area contributed by atoms with Crippen LogP contribution in [0.2, 0.25) is 0 Å². The van der Waals surface area contributed by atoms with Crippen molar-refractivity contribution in [3.05, 3.63) is 82.7 Å². The summed E-state index contributed by atoms with van der Waals surface area (Å²) in [5.74, 6) is 0.487. The Labute approximate surface area is 210 Å². The van der Waals surface area contributed by atoms with Crippen molar-refractivity contribution in [2.75, 3.05) is 18.5 Å². The van der Waals surface area contributed by atoms with E-state index in [-0.39, 0.29) is 18.2 Å². The topological polar surface area (TPSA) is 95.3 Å². The number of amides is 2. The molecule has 0 fully saturated rings. The van der Waals surface area contributed by atoms with Crippen LogP contribution in [0.1, 0.15) is 47.9 Å². The molecule has 1 N–H and O–H groups in total. The van der Waals surface area contributed by atoms with E-state index in [2.05, 4.69) is 29.5 Å². The van der Waals surface area contributed by atoms with Crippen LogP contribution in [0.5, 0.6) is 0 Å². The molecule has 7 nitrogen and oxygen atoms in total. The van der Waals surface area contributed by atoms with E-state index in [4.69, 9.17) is 4.74 Å². The largest absolute Gasteiger partial charge is 0.494 e. The lowest BCUT2D eigenvalue weighted by molar-refractivity contribution is -0.132. The second kappa shape index (κ2) is 12.7. The first-order valence-electron chi connectivity index (χ1n) is 11.6. The van der Waals surface area contributed by atoms with Crippen molar-refractivity contribution < 1.29 is 14.3 Å². The molecular weight excluding hydrogens is 460 g/mol. The Hall–Kier alpha value is -3.70. The van der Waals surface area contributed by atoms with Gasteiger partial charge in [0.1, 0.15) is 16.8 Å². The second-order valence-electron chi connectivity index (χ2n) is 8.06. The van der Waals surface area contributed by atoms with E-state index < -0.39 is 0 Å². The number of pyridine rings is 1. The predicted octanol–water partition coefficient (Wildman–Crippen LogP) is 4.91. The molecule has 0 radical (unpaired) electrons. The molecule has 2 aromatic rings. The van der Waals surface area contributed by atoms with Gasteiger partial charge in [-0.1, -0.05) is 25.3 Å². The average Bonchev–Trinajstić information content (AvgIpc) is 3.22. The van der Waals surface area contributed by atoms with Gasteiger partial charge in [0.15, 0.2) is 0 Å². The molecular formula is C27H30N4O3S. The SMILES string of the molecule is C=C/C=C(/OCC)C(=C)CCC(=O)Nc1sc2c(c1C#N)CCN(C(=O)CCc1ccccn1)C2. The molecule has 0 bridgehead atoms. The Kier molecular flexibility index (Phi) is 9.39. The van der Waals surface area contributed by atoms with E-state index in [0.29, 0.717) is 67.3 Å². The third kappa shape index (κ3) is 6.90. The summed E-state index contributed by atoms with van der Waals surface area (Å²) in [4.78, 5) is 32.4. The third-order valence-corrected chi connectivity index (χ3v) is 6.80. The van der Waals surface area contributed by atoms with Crippen molar-refractivity contribution in [1.82, 2.24) is 9.88 Å². The van der Waals surface area contributed by atoms with Gasteiger partial charge in [0.25, 0.3) is 0 Å². The minimum Gasteiger partial charge on any atom is -0.494 e. The van der Waals surface area contributed by atoms with E-state index in [9.17, 15) is 14.9 Å². The Morgan fingerprint density at radius 1 is 1.34 bits per heavy atom. The molecule has 0 aliphatic carbocycles. The van der Waals surface area contributed by atoms with Crippen LogP contribution in [0.3, 0.4) is 0 Å². The summed E-state index contributed by atoms with van der Waals surface area (Å²) in [5, 5.41) is 13.2. The van der Waals surface area contributed by atoms with Crippen LogP contribution in [0, 0.1) is 11.3 Å². The van der Waals surface area contributed by atoms with Gasteiger partial charge in [0, 0.05) is 36.2 Å². The summed E-state index contributed by atoms with van der Waals surface area (Å²) in [6.45, 7) is 11.1. The maximum atomic E-state index is 12.8. The maximum Gasteiger partial charge on any atom is 0.225 e. The summed E-state index contributed by atoms with van der Waals surface area (Å²) < 4.78 is 5.54. The van der Waals surface area contributed by atoms with Gasteiger partial charge in [0.05, 0.1) is 18.7 Å². The molecule has 0 saturated heterocycles. The average molecular weight is 491 g/mol. The number of thiophene rings is 1. The van der Waals surface area contributed by atoms with Gasteiger partial charge in [-0.15, -0.1) is 11.3 Å². The fourth-order valence-corrected chi connectivity index (χ4v) is 5.10.